The molecule has 0 bridgehead atoms. The Balaban J connectivity index is 2.45. The van der Waals surface area contributed by atoms with Gasteiger partial charge in [-0.25, -0.2) is 9.37 Å². The maximum atomic E-state index is 13.8. The smallest absolute Gasteiger partial charge is 0.165 e. The second-order valence-electron chi connectivity index (χ2n) is 3.68. The lowest BCUT2D eigenvalue weighted by atomic mass is 10.1. The largest absolute Gasteiger partial charge is 0.491 e. The van der Waals surface area contributed by atoms with Crippen molar-refractivity contribution in [3.05, 3.63) is 33.9 Å². The number of thiazole rings is 1. The molecule has 2 N–H and O–H groups in total. The molecule has 0 saturated carbocycles. The lowest BCUT2D eigenvalue weighted by Crippen LogP contribution is -1.96. The highest BCUT2D eigenvalue weighted by molar-refractivity contribution is 7.12. The predicted molar refractivity (Wildman–Crippen MR) is 71.3 cm³/mol. The molecule has 0 atom stereocenters. The fourth-order valence-corrected chi connectivity index (χ4v) is 2.41. The zero-order valence-electron chi connectivity index (χ0n) is 10.3. The van der Waals surface area contributed by atoms with E-state index in [-0.39, 0.29) is 12.3 Å². The Kier molecular flexibility index (Phi) is 4.10. The van der Waals surface area contributed by atoms with Gasteiger partial charge in [-0.3, -0.25) is 0 Å². The molecule has 0 spiro atoms. The molecule has 0 fully saturated rings. The first-order chi connectivity index (χ1) is 9.19. The first-order valence-corrected chi connectivity index (χ1v) is 6.53. The van der Waals surface area contributed by atoms with Gasteiger partial charge in [-0.1, -0.05) is 0 Å². The van der Waals surface area contributed by atoms with E-state index in [4.69, 9.17) is 15.7 Å². The highest BCUT2D eigenvalue weighted by Crippen LogP contribution is 2.30. The molecular formula is C13H12FN3OS. The molecule has 0 aliphatic carbocycles. The number of rotatable bonds is 4. The van der Waals surface area contributed by atoms with Crippen LogP contribution < -0.4 is 10.5 Å². The maximum Gasteiger partial charge on any atom is 0.165 e. The van der Waals surface area contributed by atoms with Gasteiger partial charge in [0.15, 0.2) is 11.6 Å². The molecule has 2 aromatic rings. The lowest BCUT2D eigenvalue weighted by Gasteiger charge is -2.05. The molecule has 19 heavy (non-hydrogen) atoms. The Bertz CT molecular complexity index is 633. The summed E-state index contributed by atoms with van der Waals surface area (Å²) in [4.78, 5) is 4.68. The van der Waals surface area contributed by atoms with Crippen LogP contribution in [0.3, 0.4) is 0 Å². The van der Waals surface area contributed by atoms with Gasteiger partial charge in [0.1, 0.15) is 16.0 Å². The standard InChI is InChI=1S/C13H12FN3OS/c1-2-18-10-4-3-8(5-9(10)14)13-11(6-15)19-12(7-16)17-13/h3-5H,2,7,16H2,1H3. The Morgan fingerprint density at radius 2 is 2.32 bits per heavy atom. The molecule has 0 saturated heterocycles. The number of nitrogens with two attached hydrogens (primary N) is 1. The van der Waals surface area contributed by atoms with Crippen LogP contribution in [-0.4, -0.2) is 11.6 Å². The number of ether oxygens (including phenoxy) is 1. The summed E-state index contributed by atoms with van der Waals surface area (Å²) in [6, 6.07) is 6.60. The molecule has 98 valence electrons. The summed E-state index contributed by atoms with van der Waals surface area (Å²) >= 11 is 1.22. The summed E-state index contributed by atoms with van der Waals surface area (Å²) in [5, 5.41) is 9.71. The Morgan fingerprint density at radius 1 is 1.53 bits per heavy atom. The minimum absolute atomic E-state index is 0.194. The zero-order chi connectivity index (χ0) is 13.8. The molecule has 0 radical (unpaired) electrons. The molecule has 2 rings (SSSR count). The summed E-state index contributed by atoms with van der Waals surface area (Å²) in [6.07, 6.45) is 0. The lowest BCUT2D eigenvalue weighted by molar-refractivity contribution is 0.321. The van der Waals surface area contributed by atoms with Crippen molar-refractivity contribution in [1.82, 2.24) is 4.98 Å². The number of halogens is 1. The van der Waals surface area contributed by atoms with Crippen LogP contribution in [0.25, 0.3) is 11.3 Å². The van der Waals surface area contributed by atoms with Crippen molar-refractivity contribution < 1.29 is 9.13 Å². The van der Waals surface area contributed by atoms with Crippen LogP contribution in [-0.2, 0) is 6.54 Å². The third kappa shape index (κ3) is 2.72. The molecule has 6 heteroatoms. The number of benzene rings is 1. The molecule has 1 heterocycles. The molecule has 0 aliphatic rings. The monoisotopic (exact) mass is 277 g/mol. The van der Waals surface area contributed by atoms with Gasteiger partial charge >= 0.3 is 0 Å². The third-order valence-electron chi connectivity index (χ3n) is 2.45. The van der Waals surface area contributed by atoms with E-state index in [2.05, 4.69) is 11.1 Å². The van der Waals surface area contributed by atoms with E-state index in [9.17, 15) is 4.39 Å². The van der Waals surface area contributed by atoms with Gasteiger partial charge in [0.05, 0.1) is 12.3 Å². The number of nitriles is 1. The van der Waals surface area contributed by atoms with Crippen molar-refractivity contribution in [1.29, 1.82) is 5.26 Å². The van der Waals surface area contributed by atoms with Gasteiger partial charge in [-0.05, 0) is 25.1 Å². The molecule has 0 amide bonds. The average Bonchev–Trinajstić information content (AvgIpc) is 2.84. The normalized spacial score (nSPS) is 10.2. The topological polar surface area (TPSA) is 71.9 Å². The van der Waals surface area contributed by atoms with Crippen LogP contribution in [0.5, 0.6) is 5.75 Å². The van der Waals surface area contributed by atoms with Crippen LogP contribution in [0.1, 0.15) is 16.8 Å². The summed E-state index contributed by atoms with van der Waals surface area (Å²) in [6.45, 7) is 2.45. The molecule has 1 aromatic carbocycles. The van der Waals surface area contributed by atoms with Crippen molar-refractivity contribution in [3.63, 3.8) is 0 Å². The number of nitrogens with zero attached hydrogens (tertiary/aromatic N) is 2. The minimum atomic E-state index is -0.467. The highest BCUT2D eigenvalue weighted by atomic mass is 32.1. The van der Waals surface area contributed by atoms with Crippen molar-refractivity contribution in [2.24, 2.45) is 5.73 Å². The fourth-order valence-electron chi connectivity index (χ4n) is 1.64. The summed E-state index contributed by atoms with van der Waals surface area (Å²) in [5.41, 5.74) is 6.52. The second kappa shape index (κ2) is 5.78. The number of aromatic nitrogens is 1. The fraction of sp³-hybridized carbons (Fsp3) is 0.231. The molecule has 0 aliphatic heterocycles. The number of hydrogen-bond acceptors (Lipinski definition) is 5. The van der Waals surface area contributed by atoms with E-state index < -0.39 is 5.82 Å². The van der Waals surface area contributed by atoms with Crippen LogP contribution in [0.4, 0.5) is 4.39 Å². The van der Waals surface area contributed by atoms with Crippen LogP contribution in [0.15, 0.2) is 18.2 Å². The van der Waals surface area contributed by atoms with E-state index in [0.29, 0.717) is 27.7 Å². The first-order valence-electron chi connectivity index (χ1n) is 5.72. The van der Waals surface area contributed by atoms with Crippen molar-refractivity contribution in [3.8, 4) is 23.1 Å². The van der Waals surface area contributed by atoms with Crippen molar-refractivity contribution in [2.45, 2.75) is 13.5 Å². The van der Waals surface area contributed by atoms with Crippen LogP contribution in [0.2, 0.25) is 0 Å². The number of hydrogen-bond donors (Lipinski definition) is 1. The van der Waals surface area contributed by atoms with Crippen LogP contribution >= 0.6 is 11.3 Å². The summed E-state index contributed by atoms with van der Waals surface area (Å²) < 4.78 is 18.9. The van der Waals surface area contributed by atoms with E-state index in [1.54, 1.807) is 13.0 Å². The van der Waals surface area contributed by atoms with Gasteiger partial charge < -0.3 is 10.5 Å². The molecule has 4 nitrogen and oxygen atoms in total. The van der Waals surface area contributed by atoms with Gasteiger partial charge in [0.25, 0.3) is 0 Å². The van der Waals surface area contributed by atoms with Gasteiger partial charge in [0, 0.05) is 12.1 Å². The Labute approximate surface area is 114 Å². The van der Waals surface area contributed by atoms with E-state index in [1.807, 2.05) is 0 Å². The minimum Gasteiger partial charge on any atom is -0.491 e. The van der Waals surface area contributed by atoms with Crippen molar-refractivity contribution in [2.75, 3.05) is 6.61 Å². The zero-order valence-corrected chi connectivity index (χ0v) is 11.1. The highest BCUT2D eigenvalue weighted by Gasteiger charge is 2.14. The quantitative estimate of drug-likeness (QED) is 0.932. The molecule has 1 aromatic heterocycles. The summed E-state index contributed by atoms with van der Waals surface area (Å²) in [5.74, 6) is -0.274. The third-order valence-corrected chi connectivity index (χ3v) is 3.44. The van der Waals surface area contributed by atoms with Gasteiger partial charge in [-0.2, -0.15) is 5.26 Å². The van der Waals surface area contributed by atoms with E-state index in [0.717, 1.165) is 0 Å². The van der Waals surface area contributed by atoms with Crippen LogP contribution in [0, 0.1) is 17.1 Å². The van der Waals surface area contributed by atoms with Gasteiger partial charge in [0.2, 0.25) is 0 Å². The molecule has 0 unspecified atom stereocenters. The van der Waals surface area contributed by atoms with E-state index >= 15 is 0 Å². The van der Waals surface area contributed by atoms with E-state index in [1.165, 1.54) is 23.5 Å². The first kappa shape index (κ1) is 13.5. The average molecular weight is 277 g/mol. The maximum absolute atomic E-state index is 13.8. The van der Waals surface area contributed by atoms with Crippen molar-refractivity contribution >= 4 is 11.3 Å². The SMILES string of the molecule is CCOc1ccc(-c2nc(CN)sc2C#N)cc1F. The predicted octanol–water partition coefficient (Wildman–Crippen LogP) is 2.68. The molecular weight excluding hydrogens is 265 g/mol. The Morgan fingerprint density at radius 3 is 2.89 bits per heavy atom. The summed E-state index contributed by atoms with van der Waals surface area (Å²) in [7, 11) is 0. The van der Waals surface area contributed by atoms with Gasteiger partial charge in [-0.15, -0.1) is 11.3 Å². The second-order valence-corrected chi connectivity index (χ2v) is 4.76. The Hall–Kier alpha value is -1.97.